The van der Waals surface area contributed by atoms with E-state index in [0.29, 0.717) is 17.2 Å². The van der Waals surface area contributed by atoms with Crippen LogP contribution in [0.25, 0.3) is 11.2 Å². The molecule has 2 aromatic heterocycles. The van der Waals surface area contributed by atoms with Crippen molar-refractivity contribution in [1.82, 2.24) is 19.1 Å². The van der Waals surface area contributed by atoms with E-state index in [0.717, 1.165) is 25.8 Å². The van der Waals surface area contributed by atoms with Gasteiger partial charge in [-0.3, -0.25) is 9.36 Å². The molecule has 0 aliphatic heterocycles. The molecule has 96 valence electrons. The Hall–Kier alpha value is -1.65. The first kappa shape index (κ1) is 11.4. The molecule has 0 amide bonds. The summed E-state index contributed by atoms with van der Waals surface area (Å²) >= 11 is 0. The molecule has 0 N–H and O–H groups in total. The predicted octanol–water partition coefficient (Wildman–Crippen LogP) is 2.12. The van der Waals surface area contributed by atoms with Crippen LogP contribution in [0.4, 0.5) is 0 Å². The highest BCUT2D eigenvalue weighted by atomic mass is 16.1. The number of hydrogen-bond acceptors (Lipinski definition) is 3. The van der Waals surface area contributed by atoms with Gasteiger partial charge in [-0.15, -0.1) is 0 Å². The predicted molar refractivity (Wildman–Crippen MR) is 69.6 cm³/mol. The van der Waals surface area contributed by atoms with Crippen molar-refractivity contribution in [2.24, 2.45) is 0 Å². The molecule has 0 radical (unpaired) electrons. The molecule has 0 aromatic carbocycles. The van der Waals surface area contributed by atoms with Gasteiger partial charge >= 0.3 is 0 Å². The third-order valence-corrected chi connectivity index (χ3v) is 3.74. The Morgan fingerprint density at radius 2 is 2.00 bits per heavy atom. The van der Waals surface area contributed by atoms with E-state index in [2.05, 4.69) is 16.9 Å². The van der Waals surface area contributed by atoms with E-state index in [1.54, 1.807) is 17.2 Å². The summed E-state index contributed by atoms with van der Waals surface area (Å²) in [4.78, 5) is 21.0. The molecule has 0 unspecified atom stereocenters. The van der Waals surface area contributed by atoms with Gasteiger partial charge in [-0.05, 0) is 19.3 Å². The number of aryl methyl sites for hydroxylation is 1. The average Bonchev–Trinajstić information content (AvgIpc) is 3.00. The minimum Gasteiger partial charge on any atom is -0.322 e. The summed E-state index contributed by atoms with van der Waals surface area (Å²) in [6.45, 7) is 2.78. The molecule has 0 spiro atoms. The molecule has 1 aliphatic rings. The Balaban J connectivity index is 2.15. The summed E-state index contributed by atoms with van der Waals surface area (Å²) in [6.07, 6.45) is 9.11. The van der Waals surface area contributed by atoms with Crippen molar-refractivity contribution >= 4 is 11.2 Å². The van der Waals surface area contributed by atoms with Crippen LogP contribution in [0, 0.1) is 0 Å². The molecular weight excluding hydrogens is 228 g/mol. The van der Waals surface area contributed by atoms with E-state index < -0.39 is 0 Å². The number of rotatable bonds is 3. The SMILES string of the molecule is CCCn1cnc2ncn(C3CCCC3)c2c1=O. The van der Waals surface area contributed by atoms with Gasteiger partial charge in [0.1, 0.15) is 6.33 Å². The summed E-state index contributed by atoms with van der Waals surface area (Å²) in [7, 11) is 0. The second kappa shape index (κ2) is 4.55. The van der Waals surface area contributed by atoms with Crippen LogP contribution in [0.3, 0.4) is 0 Å². The van der Waals surface area contributed by atoms with E-state index in [-0.39, 0.29) is 5.56 Å². The lowest BCUT2D eigenvalue weighted by molar-refractivity contribution is 0.528. The van der Waals surface area contributed by atoms with Crippen molar-refractivity contribution < 1.29 is 0 Å². The van der Waals surface area contributed by atoms with Gasteiger partial charge in [0, 0.05) is 12.6 Å². The largest absolute Gasteiger partial charge is 0.322 e. The molecule has 0 bridgehead atoms. The fourth-order valence-corrected chi connectivity index (χ4v) is 2.82. The van der Waals surface area contributed by atoms with Crippen molar-refractivity contribution in [2.75, 3.05) is 0 Å². The fourth-order valence-electron chi connectivity index (χ4n) is 2.82. The van der Waals surface area contributed by atoms with Gasteiger partial charge in [0.05, 0.1) is 6.33 Å². The monoisotopic (exact) mass is 246 g/mol. The summed E-state index contributed by atoms with van der Waals surface area (Å²) < 4.78 is 3.74. The number of imidazole rings is 1. The summed E-state index contributed by atoms with van der Waals surface area (Å²) in [5.74, 6) is 0. The van der Waals surface area contributed by atoms with Crippen molar-refractivity contribution in [3.8, 4) is 0 Å². The van der Waals surface area contributed by atoms with Crippen molar-refractivity contribution in [2.45, 2.75) is 51.6 Å². The van der Waals surface area contributed by atoms with Gasteiger partial charge in [-0.2, -0.15) is 0 Å². The van der Waals surface area contributed by atoms with Crippen LogP contribution in [0.15, 0.2) is 17.4 Å². The molecule has 2 heterocycles. The Morgan fingerprint density at radius 3 is 2.72 bits per heavy atom. The number of aromatic nitrogens is 4. The van der Waals surface area contributed by atoms with Crippen molar-refractivity contribution in [3.63, 3.8) is 0 Å². The zero-order chi connectivity index (χ0) is 12.5. The third-order valence-electron chi connectivity index (χ3n) is 3.74. The number of fused-ring (bicyclic) bond motifs is 1. The fraction of sp³-hybridized carbons (Fsp3) is 0.615. The third kappa shape index (κ3) is 1.74. The molecule has 5 nitrogen and oxygen atoms in total. The quantitative estimate of drug-likeness (QED) is 0.833. The lowest BCUT2D eigenvalue weighted by Crippen LogP contribution is -2.23. The van der Waals surface area contributed by atoms with E-state index in [9.17, 15) is 4.79 Å². The second-order valence-corrected chi connectivity index (χ2v) is 5.01. The molecule has 18 heavy (non-hydrogen) atoms. The van der Waals surface area contributed by atoms with Crippen molar-refractivity contribution in [1.29, 1.82) is 0 Å². The van der Waals surface area contributed by atoms with Gasteiger partial charge in [0.15, 0.2) is 11.2 Å². The zero-order valence-corrected chi connectivity index (χ0v) is 10.7. The molecule has 3 rings (SSSR count). The lowest BCUT2D eigenvalue weighted by atomic mass is 10.2. The number of nitrogens with zero attached hydrogens (tertiary/aromatic N) is 4. The molecule has 2 aromatic rings. The van der Waals surface area contributed by atoms with Gasteiger partial charge in [0.25, 0.3) is 5.56 Å². The zero-order valence-electron chi connectivity index (χ0n) is 10.7. The highest BCUT2D eigenvalue weighted by molar-refractivity contribution is 5.69. The standard InChI is InChI=1S/C13H18N4O/c1-2-7-16-8-14-12-11(13(16)18)17(9-15-12)10-5-3-4-6-10/h8-10H,2-7H2,1H3. The molecule has 1 fully saturated rings. The Morgan fingerprint density at radius 1 is 1.28 bits per heavy atom. The Kier molecular flexibility index (Phi) is 2.89. The van der Waals surface area contributed by atoms with Crippen LogP contribution in [0.2, 0.25) is 0 Å². The maximum Gasteiger partial charge on any atom is 0.279 e. The molecule has 0 saturated heterocycles. The minimum absolute atomic E-state index is 0.0475. The Labute approximate surface area is 105 Å². The summed E-state index contributed by atoms with van der Waals surface area (Å²) in [5, 5.41) is 0. The highest BCUT2D eigenvalue weighted by Gasteiger charge is 2.21. The van der Waals surface area contributed by atoms with Gasteiger partial charge in [-0.1, -0.05) is 19.8 Å². The molecule has 1 saturated carbocycles. The van der Waals surface area contributed by atoms with E-state index in [1.165, 1.54) is 12.8 Å². The van der Waals surface area contributed by atoms with Crippen LogP contribution < -0.4 is 5.56 Å². The maximum atomic E-state index is 12.4. The van der Waals surface area contributed by atoms with Crippen molar-refractivity contribution in [3.05, 3.63) is 23.0 Å². The minimum atomic E-state index is 0.0475. The van der Waals surface area contributed by atoms with E-state index in [1.807, 2.05) is 4.57 Å². The molecule has 0 atom stereocenters. The van der Waals surface area contributed by atoms with Gasteiger partial charge < -0.3 is 4.57 Å². The van der Waals surface area contributed by atoms with E-state index in [4.69, 9.17) is 0 Å². The van der Waals surface area contributed by atoms with Crippen LogP contribution in [-0.2, 0) is 6.54 Å². The van der Waals surface area contributed by atoms with Crippen LogP contribution >= 0.6 is 0 Å². The smallest absolute Gasteiger partial charge is 0.279 e. The highest BCUT2D eigenvalue weighted by Crippen LogP contribution is 2.30. The van der Waals surface area contributed by atoms with Crippen LogP contribution in [0.5, 0.6) is 0 Å². The van der Waals surface area contributed by atoms with E-state index >= 15 is 0 Å². The Bertz CT molecular complexity index is 607. The normalized spacial score (nSPS) is 16.7. The first-order chi connectivity index (χ1) is 8.81. The summed E-state index contributed by atoms with van der Waals surface area (Å²) in [6, 6.07) is 0.432. The number of hydrogen-bond donors (Lipinski definition) is 0. The average molecular weight is 246 g/mol. The molecule has 1 aliphatic carbocycles. The van der Waals surface area contributed by atoms with Gasteiger partial charge in [0.2, 0.25) is 0 Å². The summed E-state index contributed by atoms with van der Waals surface area (Å²) in [5.41, 5.74) is 1.31. The molecular formula is C13H18N4O. The molecule has 5 heteroatoms. The van der Waals surface area contributed by atoms with Gasteiger partial charge in [-0.25, -0.2) is 9.97 Å². The first-order valence-corrected chi connectivity index (χ1v) is 6.73. The maximum absolute atomic E-state index is 12.4. The second-order valence-electron chi connectivity index (χ2n) is 5.01. The van der Waals surface area contributed by atoms with Crippen LogP contribution in [-0.4, -0.2) is 19.1 Å². The topological polar surface area (TPSA) is 52.7 Å². The first-order valence-electron chi connectivity index (χ1n) is 6.73. The van der Waals surface area contributed by atoms with Crippen LogP contribution in [0.1, 0.15) is 45.1 Å². The lowest BCUT2D eigenvalue weighted by Gasteiger charge is -2.12.